The van der Waals surface area contributed by atoms with Gasteiger partial charge in [-0.1, -0.05) is 0 Å². The van der Waals surface area contributed by atoms with E-state index in [9.17, 15) is 0 Å². The minimum absolute atomic E-state index is 0.125. The molecule has 0 aromatic carbocycles. The van der Waals surface area contributed by atoms with Crippen molar-refractivity contribution in [1.82, 2.24) is 10.2 Å². The maximum atomic E-state index is 3.19. The molecule has 0 fully saturated rings. The van der Waals surface area contributed by atoms with E-state index in [1.807, 2.05) is 12.4 Å². The van der Waals surface area contributed by atoms with Crippen LogP contribution in [0, 0.1) is 0 Å². The van der Waals surface area contributed by atoms with Crippen molar-refractivity contribution in [2.24, 2.45) is 0 Å². The molecule has 1 rings (SSSR count). The lowest BCUT2D eigenvalue weighted by atomic mass is 10.2. The van der Waals surface area contributed by atoms with Gasteiger partial charge in [-0.05, 0) is 13.8 Å². The summed E-state index contributed by atoms with van der Waals surface area (Å²) >= 11 is 0. The van der Waals surface area contributed by atoms with Gasteiger partial charge in [0.25, 0.3) is 0 Å². The molecule has 0 bridgehead atoms. The van der Waals surface area contributed by atoms with Gasteiger partial charge in [0.15, 0.2) is 0 Å². The van der Waals surface area contributed by atoms with Crippen molar-refractivity contribution in [1.29, 1.82) is 0 Å². The monoisotopic (exact) mass is 112 g/mol. The van der Waals surface area contributed by atoms with Crippen LogP contribution in [0.4, 0.5) is 0 Å². The minimum Gasteiger partial charge on any atom is -0.368 e. The molecule has 46 valence electrons. The number of rotatable bonds is 0. The maximum absolute atomic E-state index is 3.19. The van der Waals surface area contributed by atoms with E-state index in [0.717, 1.165) is 0 Å². The van der Waals surface area contributed by atoms with Crippen LogP contribution in [0.15, 0.2) is 12.4 Å². The van der Waals surface area contributed by atoms with Crippen LogP contribution in [0.3, 0.4) is 0 Å². The molecule has 1 aliphatic heterocycles. The summed E-state index contributed by atoms with van der Waals surface area (Å²) < 4.78 is 0. The molecular formula is C6H12N2. The van der Waals surface area contributed by atoms with Crippen molar-refractivity contribution >= 4 is 0 Å². The fourth-order valence-electron chi connectivity index (χ4n) is 0.641. The van der Waals surface area contributed by atoms with Gasteiger partial charge in [-0.15, -0.1) is 0 Å². The van der Waals surface area contributed by atoms with Gasteiger partial charge in [-0.3, -0.25) is 0 Å². The van der Waals surface area contributed by atoms with E-state index in [0.29, 0.717) is 0 Å². The third-order valence-corrected chi connectivity index (χ3v) is 1.62. The Hall–Kier alpha value is -0.660. The summed E-state index contributed by atoms with van der Waals surface area (Å²) in [5.74, 6) is 0. The Morgan fingerprint density at radius 1 is 1.50 bits per heavy atom. The van der Waals surface area contributed by atoms with Gasteiger partial charge in [-0.25, -0.2) is 0 Å². The van der Waals surface area contributed by atoms with Crippen molar-refractivity contribution in [2.45, 2.75) is 19.5 Å². The Morgan fingerprint density at radius 3 is 2.25 bits per heavy atom. The van der Waals surface area contributed by atoms with Crippen molar-refractivity contribution < 1.29 is 0 Å². The minimum atomic E-state index is 0.125. The first-order chi connectivity index (χ1) is 3.63. The summed E-state index contributed by atoms with van der Waals surface area (Å²) in [5.41, 5.74) is 0.125. The highest BCUT2D eigenvalue weighted by Crippen LogP contribution is 2.12. The predicted molar refractivity (Wildman–Crippen MR) is 34.1 cm³/mol. The lowest BCUT2D eigenvalue weighted by Crippen LogP contribution is -2.43. The molecule has 1 N–H and O–H groups in total. The van der Waals surface area contributed by atoms with E-state index in [2.05, 4.69) is 31.1 Å². The second-order valence-corrected chi connectivity index (χ2v) is 2.63. The van der Waals surface area contributed by atoms with Crippen LogP contribution in [0.1, 0.15) is 13.8 Å². The van der Waals surface area contributed by atoms with Gasteiger partial charge in [0.2, 0.25) is 0 Å². The van der Waals surface area contributed by atoms with E-state index in [1.54, 1.807) is 0 Å². The summed E-state index contributed by atoms with van der Waals surface area (Å²) in [4.78, 5) is 2.13. The van der Waals surface area contributed by atoms with E-state index in [1.165, 1.54) is 0 Å². The Bertz CT molecular complexity index is 116. The second kappa shape index (κ2) is 1.41. The molecule has 1 heterocycles. The summed E-state index contributed by atoms with van der Waals surface area (Å²) in [7, 11) is 2.05. The molecule has 0 aromatic heterocycles. The van der Waals surface area contributed by atoms with Gasteiger partial charge in [0.1, 0.15) is 5.66 Å². The van der Waals surface area contributed by atoms with Crippen molar-refractivity contribution in [2.75, 3.05) is 7.05 Å². The third-order valence-electron chi connectivity index (χ3n) is 1.62. The SMILES string of the molecule is CN1C=CNC1(C)C. The highest BCUT2D eigenvalue weighted by molar-refractivity contribution is 4.97. The van der Waals surface area contributed by atoms with Crippen molar-refractivity contribution in [3.8, 4) is 0 Å². The summed E-state index contributed by atoms with van der Waals surface area (Å²) in [6.45, 7) is 4.26. The van der Waals surface area contributed by atoms with Crippen LogP contribution in [-0.2, 0) is 0 Å². The van der Waals surface area contributed by atoms with Crippen molar-refractivity contribution in [3.63, 3.8) is 0 Å². The summed E-state index contributed by atoms with van der Waals surface area (Å²) in [6, 6.07) is 0. The zero-order valence-electron chi connectivity index (χ0n) is 5.60. The Morgan fingerprint density at radius 2 is 2.12 bits per heavy atom. The van der Waals surface area contributed by atoms with E-state index >= 15 is 0 Å². The molecule has 2 heteroatoms. The maximum Gasteiger partial charge on any atom is 0.103 e. The van der Waals surface area contributed by atoms with Gasteiger partial charge in [-0.2, -0.15) is 0 Å². The Balaban J connectivity index is 2.64. The number of nitrogens with one attached hydrogen (secondary N) is 1. The molecular weight excluding hydrogens is 100 g/mol. The average Bonchev–Trinajstić information content (AvgIpc) is 1.86. The number of hydrogen-bond acceptors (Lipinski definition) is 2. The Labute approximate surface area is 50.2 Å². The molecule has 2 nitrogen and oxygen atoms in total. The fourth-order valence-corrected chi connectivity index (χ4v) is 0.641. The second-order valence-electron chi connectivity index (χ2n) is 2.63. The average molecular weight is 112 g/mol. The van der Waals surface area contributed by atoms with Crippen molar-refractivity contribution in [3.05, 3.63) is 12.4 Å². The first-order valence-electron chi connectivity index (χ1n) is 2.80. The number of nitrogens with zero attached hydrogens (tertiary/aromatic N) is 1. The highest BCUT2D eigenvalue weighted by atomic mass is 15.3. The summed E-state index contributed by atoms with van der Waals surface area (Å²) in [6.07, 6.45) is 3.99. The molecule has 0 atom stereocenters. The van der Waals surface area contributed by atoms with Crippen LogP contribution < -0.4 is 5.32 Å². The molecule has 8 heavy (non-hydrogen) atoms. The smallest absolute Gasteiger partial charge is 0.103 e. The van der Waals surface area contributed by atoms with Gasteiger partial charge >= 0.3 is 0 Å². The third kappa shape index (κ3) is 0.661. The quantitative estimate of drug-likeness (QED) is 0.497. The molecule has 0 spiro atoms. The molecule has 1 aliphatic rings. The van der Waals surface area contributed by atoms with Crippen LogP contribution >= 0.6 is 0 Å². The van der Waals surface area contributed by atoms with Crippen LogP contribution in [-0.4, -0.2) is 17.6 Å². The molecule has 0 unspecified atom stereocenters. The normalized spacial score (nSPS) is 23.6. The molecule has 0 aromatic rings. The molecule has 0 saturated carbocycles. The summed E-state index contributed by atoms with van der Waals surface area (Å²) in [5, 5.41) is 3.19. The number of hydrogen-bond donors (Lipinski definition) is 1. The lowest BCUT2D eigenvalue weighted by molar-refractivity contribution is 0.223. The predicted octanol–water partition coefficient (Wildman–Crippen LogP) is 0.729. The fraction of sp³-hybridized carbons (Fsp3) is 0.667. The van der Waals surface area contributed by atoms with Crippen LogP contribution in [0.5, 0.6) is 0 Å². The van der Waals surface area contributed by atoms with E-state index in [-0.39, 0.29) is 5.66 Å². The largest absolute Gasteiger partial charge is 0.368 e. The topological polar surface area (TPSA) is 15.3 Å². The van der Waals surface area contributed by atoms with E-state index in [4.69, 9.17) is 0 Å². The van der Waals surface area contributed by atoms with Crippen LogP contribution in [0.2, 0.25) is 0 Å². The molecule has 0 radical (unpaired) electrons. The first kappa shape index (κ1) is 5.48. The highest BCUT2D eigenvalue weighted by Gasteiger charge is 2.22. The molecule has 0 aliphatic carbocycles. The standard InChI is InChI=1S/C6H12N2/c1-6(2)7-4-5-8(6)3/h4-5,7H,1-3H3. The zero-order chi connectivity index (χ0) is 6.20. The van der Waals surface area contributed by atoms with Gasteiger partial charge in [0.05, 0.1) is 0 Å². The molecule has 0 saturated heterocycles. The zero-order valence-corrected chi connectivity index (χ0v) is 5.60. The van der Waals surface area contributed by atoms with Crippen LogP contribution in [0.25, 0.3) is 0 Å². The Kier molecular flexibility index (Phi) is 0.962. The molecule has 0 amide bonds. The van der Waals surface area contributed by atoms with Gasteiger partial charge in [0, 0.05) is 19.4 Å². The first-order valence-corrected chi connectivity index (χ1v) is 2.80. The van der Waals surface area contributed by atoms with E-state index < -0.39 is 0 Å². The van der Waals surface area contributed by atoms with Gasteiger partial charge < -0.3 is 10.2 Å². The lowest BCUT2D eigenvalue weighted by Gasteiger charge is -2.28.